The summed E-state index contributed by atoms with van der Waals surface area (Å²) in [5, 5.41) is 13.3. The van der Waals surface area contributed by atoms with Crippen molar-refractivity contribution in [2.75, 3.05) is 5.32 Å². The molecule has 0 fully saturated rings. The van der Waals surface area contributed by atoms with E-state index in [1.54, 1.807) is 0 Å². The molecule has 0 radical (unpaired) electrons. The lowest BCUT2D eigenvalue weighted by Gasteiger charge is -2.10. The number of aliphatic hydroxyl groups is 1. The number of benzene rings is 2. The normalized spacial score (nSPS) is 12.1. The molecule has 2 N–H and O–H groups in total. The largest absolute Gasteiger partial charge is 0.393 e. The Kier molecular flexibility index (Phi) is 9.14. The molecule has 136 valence electrons. The molecule has 0 saturated carbocycles. The molecule has 0 heterocycles. The molecule has 0 aromatic heterocycles. The molecule has 1 unspecified atom stereocenters. The lowest BCUT2D eigenvalue weighted by Crippen LogP contribution is -2.05. The van der Waals surface area contributed by atoms with Gasteiger partial charge in [0.05, 0.1) is 6.10 Å². The molecule has 0 bridgehead atoms. The number of hydrogen-bond donors (Lipinski definition) is 2. The van der Waals surface area contributed by atoms with E-state index in [4.69, 9.17) is 0 Å². The minimum Gasteiger partial charge on any atom is -0.393 e. The second kappa shape index (κ2) is 11.7. The van der Waals surface area contributed by atoms with Crippen LogP contribution in [0.2, 0.25) is 0 Å². The van der Waals surface area contributed by atoms with Gasteiger partial charge in [-0.05, 0) is 55.5 Å². The van der Waals surface area contributed by atoms with E-state index < -0.39 is 0 Å². The second-order valence-corrected chi connectivity index (χ2v) is 6.94. The van der Waals surface area contributed by atoms with Gasteiger partial charge in [-0.25, -0.2) is 0 Å². The van der Waals surface area contributed by atoms with Crippen LogP contribution < -0.4 is 5.32 Å². The zero-order valence-electron chi connectivity index (χ0n) is 15.6. The topological polar surface area (TPSA) is 32.3 Å². The molecule has 2 aromatic rings. The number of anilines is 2. The highest BCUT2D eigenvalue weighted by atomic mass is 16.3. The predicted molar refractivity (Wildman–Crippen MR) is 108 cm³/mol. The SMILES string of the molecule is CCCCCC(O)CCCCCc1ccc(Nc2ccccc2)cc1. The van der Waals surface area contributed by atoms with Crippen molar-refractivity contribution in [2.24, 2.45) is 0 Å². The van der Waals surface area contributed by atoms with Crippen LogP contribution in [-0.2, 0) is 6.42 Å². The Hall–Kier alpha value is -1.80. The average molecular weight is 340 g/mol. The van der Waals surface area contributed by atoms with Gasteiger partial charge in [0.25, 0.3) is 0 Å². The first kappa shape index (κ1) is 19.5. The molecule has 2 aromatic carbocycles. The van der Waals surface area contributed by atoms with E-state index in [2.05, 4.69) is 48.6 Å². The van der Waals surface area contributed by atoms with E-state index in [1.807, 2.05) is 18.2 Å². The molecule has 0 spiro atoms. The third-order valence-electron chi connectivity index (χ3n) is 4.66. The number of para-hydroxylation sites is 1. The van der Waals surface area contributed by atoms with Crippen LogP contribution in [0.4, 0.5) is 11.4 Å². The number of rotatable bonds is 12. The first-order valence-electron chi connectivity index (χ1n) is 9.87. The maximum Gasteiger partial charge on any atom is 0.0540 e. The Morgan fingerprint density at radius 3 is 2.08 bits per heavy atom. The summed E-state index contributed by atoms with van der Waals surface area (Å²) in [6.45, 7) is 2.21. The molecule has 0 amide bonds. The first-order valence-corrected chi connectivity index (χ1v) is 9.87. The molecular formula is C23H33NO. The van der Waals surface area contributed by atoms with Crippen molar-refractivity contribution in [3.8, 4) is 0 Å². The van der Waals surface area contributed by atoms with E-state index in [0.717, 1.165) is 37.1 Å². The van der Waals surface area contributed by atoms with Crippen LogP contribution in [0.15, 0.2) is 54.6 Å². The van der Waals surface area contributed by atoms with E-state index >= 15 is 0 Å². The standard InChI is InChI=1S/C23H33NO/c1-2-3-6-14-23(25)15-10-4-7-11-20-16-18-22(19-17-20)24-21-12-8-5-9-13-21/h5,8-9,12-13,16-19,23-25H,2-4,6-7,10-11,14-15H2,1H3. The fourth-order valence-corrected chi connectivity index (χ4v) is 3.10. The van der Waals surface area contributed by atoms with Crippen LogP contribution in [0, 0.1) is 0 Å². The monoisotopic (exact) mass is 339 g/mol. The maximum absolute atomic E-state index is 9.94. The summed E-state index contributed by atoms with van der Waals surface area (Å²) >= 11 is 0. The van der Waals surface area contributed by atoms with Gasteiger partial charge in [-0.1, -0.05) is 69.4 Å². The van der Waals surface area contributed by atoms with Gasteiger partial charge in [0.1, 0.15) is 0 Å². The van der Waals surface area contributed by atoms with E-state index in [9.17, 15) is 5.11 Å². The first-order chi connectivity index (χ1) is 12.3. The van der Waals surface area contributed by atoms with E-state index in [-0.39, 0.29) is 6.10 Å². The van der Waals surface area contributed by atoms with Crippen LogP contribution in [0.3, 0.4) is 0 Å². The summed E-state index contributed by atoms with van der Waals surface area (Å²) in [6, 6.07) is 19.0. The molecular weight excluding hydrogens is 306 g/mol. The zero-order valence-corrected chi connectivity index (χ0v) is 15.6. The smallest absolute Gasteiger partial charge is 0.0540 e. The Morgan fingerprint density at radius 2 is 1.40 bits per heavy atom. The van der Waals surface area contributed by atoms with Crippen LogP contribution in [0.5, 0.6) is 0 Å². The number of hydrogen-bond acceptors (Lipinski definition) is 2. The van der Waals surface area contributed by atoms with Crippen LogP contribution in [0.25, 0.3) is 0 Å². The fourth-order valence-electron chi connectivity index (χ4n) is 3.10. The number of nitrogens with one attached hydrogen (secondary N) is 1. The highest BCUT2D eigenvalue weighted by molar-refractivity contribution is 5.59. The van der Waals surface area contributed by atoms with Gasteiger partial charge < -0.3 is 10.4 Å². The third kappa shape index (κ3) is 8.22. The van der Waals surface area contributed by atoms with Gasteiger partial charge >= 0.3 is 0 Å². The summed E-state index contributed by atoms with van der Waals surface area (Å²) in [7, 11) is 0. The lowest BCUT2D eigenvalue weighted by molar-refractivity contribution is 0.147. The minimum atomic E-state index is -0.0881. The van der Waals surface area contributed by atoms with Gasteiger partial charge in [0, 0.05) is 11.4 Å². The van der Waals surface area contributed by atoms with Crippen LogP contribution >= 0.6 is 0 Å². The summed E-state index contributed by atoms with van der Waals surface area (Å²) < 4.78 is 0. The van der Waals surface area contributed by atoms with Crippen molar-refractivity contribution in [2.45, 2.75) is 70.8 Å². The van der Waals surface area contributed by atoms with Crippen molar-refractivity contribution in [1.82, 2.24) is 0 Å². The van der Waals surface area contributed by atoms with E-state index in [1.165, 1.54) is 37.7 Å². The molecule has 0 aliphatic rings. The van der Waals surface area contributed by atoms with Crippen LogP contribution in [0.1, 0.15) is 63.9 Å². The van der Waals surface area contributed by atoms with Gasteiger partial charge in [0.15, 0.2) is 0 Å². The van der Waals surface area contributed by atoms with Crippen LogP contribution in [-0.4, -0.2) is 11.2 Å². The van der Waals surface area contributed by atoms with Crippen molar-refractivity contribution in [1.29, 1.82) is 0 Å². The molecule has 2 nitrogen and oxygen atoms in total. The fraction of sp³-hybridized carbons (Fsp3) is 0.478. The minimum absolute atomic E-state index is 0.0881. The number of unbranched alkanes of at least 4 members (excludes halogenated alkanes) is 4. The Bertz CT molecular complexity index is 564. The Morgan fingerprint density at radius 1 is 0.760 bits per heavy atom. The Balaban J connectivity index is 1.60. The quantitative estimate of drug-likeness (QED) is 0.434. The predicted octanol–water partition coefficient (Wildman–Crippen LogP) is 6.47. The van der Waals surface area contributed by atoms with Gasteiger partial charge in [-0.3, -0.25) is 0 Å². The number of aliphatic hydroxyl groups excluding tert-OH is 1. The lowest BCUT2D eigenvalue weighted by atomic mass is 10.0. The Labute approximate surface area is 153 Å². The van der Waals surface area contributed by atoms with Gasteiger partial charge in [-0.2, -0.15) is 0 Å². The van der Waals surface area contributed by atoms with Gasteiger partial charge in [-0.15, -0.1) is 0 Å². The molecule has 0 aliphatic heterocycles. The summed E-state index contributed by atoms with van der Waals surface area (Å²) in [5.74, 6) is 0. The van der Waals surface area contributed by atoms with Gasteiger partial charge in [0.2, 0.25) is 0 Å². The summed E-state index contributed by atoms with van der Waals surface area (Å²) in [5.41, 5.74) is 3.64. The highest BCUT2D eigenvalue weighted by Gasteiger charge is 2.03. The maximum atomic E-state index is 9.94. The molecule has 2 heteroatoms. The van der Waals surface area contributed by atoms with Crippen molar-refractivity contribution >= 4 is 11.4 Å². The van der Waals surface area contributed by atoms with Crippen molar-refractivity contribution in [3.05, 3.63) is 60.2 Å². The zero-order chi connectivity index (χ0) is 17.7. The third-order valence-corrected chi connectivity index (χ3v) is 4.66. The average Bonchev–Trinajstić information content (AvgIpc) is 2.64. The molecule has 0 saturated heterocycles. The highest BCUT2D eigenvalue weighted by Crippen LogP contribution is 2.18. The number of aryl methyl sites for hydroxylation is 1. The molecule has 1 atom stereocenters. The van der Waals surface area contributed by atoms with Crippen molar-refractivity contribution in [3.63, 3.8) is 0 Å². The summed E-state index contributed by atoms with van der Waals surface area (Å²) in [6.07, 6.45) is 10.2. The second-order valence-electron chi connectivity index (χ2n) is 6.94. The van der Waals surface area contributed by atoms with E-state index in [0.29, 0.717) is 0 Å². The molecule has 2 rings (SSSR count). The molecule has 0 aliphatic carbocycles. The molecule has 25 heavy (non-hydrogen) atoms. The summed E-state index contributed by atoms with van der Waals surface area (Å²) in [4.78, 5) is 0. The van der Waals surface area contributed by atoms with Crippen molar-refractivity contribution < 1.29 is 5.11 Å².